The molecule has 0 radical (unpaired) electrons. The first-order chi connectivity index (χ1) is 8.21. The summed E-state index contributed by atoms with van der Waals surface area (Å²) in [5.74, 6) is 2.70. The van der Waals surface area contributed by atoms with Gasteiger partial charge in [0.1, 0.15) is 11.8 Å². The molecule has 0 heterocycles. The van der Waals surface area contributed by atoms with E-state index in [2.05, 4.69) is 6.07 Å². The minimum atomic E-state index is 0.221. The number of ether oxygens (including phenoxy) is 1. The summed E-state index contributed by atoms with van der Waals surface area (Å²) in [5, 5.41) is 17.9. The number of nitrogens with zero attached hydrogens (tertiary/aromatic N) is 1. The van der Waals surface area contributed by atoms with Crippen molar-refractivity contribution in [3.8, 4) is 11.8 Å². The minimum Gasteiger partial charge on any atom is -0.495 e. The SMILES string of the molecule is COc1ccc(CSCC(C)CO)cc1C#N. The Labute approximate surface area is 106 Å². The van der Waals surface area contributed by atoms with Crippen molar-refractivity contribution in [2.24, 2.45) is 5.92 Å². The number of hydrogen-bond donors (Lipinski definition) is 1. The molecule has 4 heteroatoms. The highest BCUT2D eigenvalue weighted by molar-refractivity contribution is 7.98. The third-order valence-electron chi connectivity index (χ3n) is 2.37. The lowest BCUT2D eigenvalue weighted by molar-refractivity contribution is 0.250. The summed E-state index contributed by atoms with van der Waals surface area (Å²) in [6, 6.07) is 7.77. The van der Waals surface area contributed by atoms with Crippen molar-refractivity contribution in [2.75, 3.05) is 19.5 Å². The maximum absolute atomic E-state index is 8.96. The number of rotatable bonds is 6. The fourth-order valence-corrected chi connectivity index (χ4v) is 2.40. The Bertz CT molecular complexity index is 401. The van der Waals surface area contributed by atoms with E-state index in [9.17, 15) is 0 Å². The van der Waals surface area contributed by atoms with E-state index in [4.69, 9.17) is 15.1 Å². The number of hydrogen-bond acceptors (Lipinski definition) is 4. The largest absolute Gasteiger partial charge is 0.495 e. The number of thioether (sulfide) groups is 1. The smallest absolute Gasteiger partial charge is 0.136 e. The standard InChI is InChI=1S/C13H17NO2S/c1-10(7-15)8-17-9-11-3-4-13(16-2)12(5-11)6-14/h3-5,10,15H,7-9H2,1-2H3. The summed E-state index contributed by atoms with van der Waals surface area (Å²) in [7, 11) is 1.56. The Morgan fingerprint density at radius 2 is 2.29 bits per heavy atom. The van der Waals surface area contributed by atoms with Gasteiger partial charge in [-0.25, -0.2) is 0 Å². The lowest BCUT2D eigenvalue weighted by atomic mass is 10.1. The van der Waals surface area contributed by atoms with Gasteiger partial charge in [0, 0.05) is 12.4 Å². The monoisotopic (exact) mass is 251 g/mol. The summed E-state index contributed by atoms with van der Waals surface area (Å²) in [6.45, 7) is 2.24. The molecule has 1 rings (SSSR count). The lowest BCUT2D eigenvalue weighted by Gasteiger charge is -2.08. The second-order valence-corrected chi connectivity index (χ2v) is 4.98. The number of benzene rings is 1. The Hall–Kier alpha value is -1.18. The van der Waals surface area contributed by atoms with E-state index in [1.807, 2.05) is 25.1 Å². The van der Waals surface area contributed by atoms with Crippen molar-refractivity contribution >= 4 is 11.8 Å². The molecule has 0 aliphatic heterocycles. The van der Waals surface area contributed by atoms with Crippen molar-refractivity contribution in [2.45, 2.75) is 12.7 Å². The first-order valence-electron chi connectivity index (χ1n) is 5.46. The van der Waals surface area contributed by atoms with E-state index >= 15 is 0 Å². The molecule has 3 nitrogen and oxygen atoms in total. The van der Waals surface area contributed by atoms with Gasteiger partial charge in [0.2, 0.25) is 0 Å². The Balaban J connectivity index is 2.58. The van der Waals surface area contributed by atoms with Crippen molar-refractivity contribution in [1.29, 1.82) is 5.26 Å². The van der Waals surface area contributed by atoms with Crippen LogP contribution in [0.3, 0.4) is 0 Å². The molecule has 0 spiro atoms. The van der Waals surface area contributed by atoms with Crippen LogP contribution in [0.1, 0.15) is 18.1 Å². The molecular formula is C13H17NO2S. The second-order valence-electron chi connectivity index (χ2n) is 3.95. The molecule has 1 aromatic rings. The highest BCUT2D eigenvalue weighted by Crippen LogP contribution is 2.22. The van der Waals surface area contributed by atoms with Crippen LogP contribution in [0.5, 0.6) is 5.75 Å². The third-order valence-corrected chi connectivity index (χ3v) is 3.71. The Morgan fingerprint density at radius 3 is 2.88 bits per heavy atom. The zero-order chi connectivity index (χ0) is 12.7. The number of methoxy groups -OCH3 is 1. The quantitative estimate of drug-likeness (QED) is 0.843. The first kappa shape index (κ1) is 13.9. The highest BCUT2D eigenvalue weighted by atomic mass is 32.2. The highest BCUT2D eigenvalue weighted by Gasteiger charge is 2.05. The average molecular weight is 251 g/mol. The number of nitriles is 1. The molecule has 0 aliphatic carbocycles. The Kier molecular flexibility index (Phi) is 5.88. The predicted octanol–water partition coefficient (Wildman–Crippen LogP) is 2.43. The van der Waals surface area contributed by atoms with E-state index in [0.29, 0.717) is 17.2 Å². The van der Waals surface area contributed by atoms with E-state index in [1.165, 1.54) is 0 Å². The predicted molar refractivity (Wildman–Crippen MR) is 70.1 cm³/mol. The van der Waals surface area contributed by atoms with Gasteiger partial charge in [-0.15, -0.1) is 0 Å². The van der Waals surface area contributed by atoms with E-state index < -0.39 is 0 Å². The molecule has 0 aliphatic rings. The van der Waals surface area contributed by atoms with Crippen LogP contribution in [-0.2, 0) is 5.75 Å². The van der Waals surface area contributed by atoms with Crippen LogP contribution >= 0.6 is 11.8 Å². The van der Waals surface area contributed by atoms with Gasteiger partial charge in [0.05, 0.1) is 12.7 Å². The molecule has 1 unspecified atom stereocenters. The normalized spacial score (nSPS) is 11.9. The van der Waals surface area contributed by atoms with Gasteiger partial charge in [-0.1, -0.05) is 13.0 Å². The number of aliphatic hydroxyl groups is 1. The van der Waals surface area contributed by atoms with Gasteiger partial charge >= 0.3 is 0 Å². The second kappa shape index (κ2) is 7.21. The van der Waals surface area contributed by atoms with Crippen LogP contribution in [0, 0.1) is 17.2 Å². The first-order valence-corrected chi connectivity index (χ1v) is 6.62. The molecule has 0 saturated carbocycles. The molecule has 17 heavy (non-hydrogen) atoms. The fraction of sp³-hybridized carbons (Fsp3) is 0.462. The molecule has 1 aromatic carbocycles. The van der Waals surface area contributed by atoms with Gasteiger partial charge in [-0.3, -0.25) is 0 Å². The third kappa shape index (κ3) is 4.29. The van der Waals surface area contributed by atoms with Gasteiger partial charge in [-0.05, 0) is 29.4 Å². The topological polar surface area (TPSA) is 53.2 Å². The van der Waals surface area contributed by atoms with Crippen LogP contribution in [0.4, 0.5) is 0 Å². The van der Waals surface area contributed by atoms with Crippen LogP contribution in [0.25, 0.3) is 0 Å². The van der Waals surface area contributed by atoms with Gasteiger partial charge in [0.15, 0.2) is 0 Å². The van der Waals surface area contributed by atoms with Gasteiger partial charge in [0.25, 0.3) is 0 Å². The zero-order valence-electron chi connectivity index (χ0n) is 10.1. The minimum absolute atomic E-state index is 0.221. The van der Waals surface area contributed by atoms with Crippen molar-refractivity contribution in [3.05, 3.63) is 29.3 Å². The van der Waals surface area contributed by atoms with Crippen LogP contribution in [0.15, 0.2) is 18.2 Å². The summed E-state index contributed by atoms with van der Waals surface area (Å²) in [4.78, 5) is 0. The summed E-state index contributed by atoms with van der Waals surface area (Å²) < 4.78 is 5.09. The van der Waals surface area contributed by atoms with Crippen LogP contribution in [-0.4, -0.2) is 24.6 Å². The summed E-state index contributed by atoms with van der Waals surface area (Å²) in [5.41, 5.74) is 1.68. The molecule has 0 fully saturated rings. The molecule has 0 amide bonds. The summed E-state index contributed by atoms with van der Waals surface area (Å²) in [6.07, 6.45) is 0. The maximum Gasteiger partial charge on any atom is 0.136 e. The maximum atomic E-state index is 8.96. The van der Waals surface area contributed by atoms with Crippen molar-refractivity contribution < 1.29 is 9.84 Å². The van der Waals surface area contributed by atoms with E-state index in [-0.39, 0.29) is 6.61 Å². The molecule has 0 aromatic heterocycles. The molecule has 92 valence electrons. The Morgan fingerprint density at radius 1 is 1.53 bits per heavy atom. The zero-order valence-corrected chi connectivity index (χ0v) is 11.0. The molecule has 0 bridgehead atoms. The molecule has 1 atom stereocenters. The van der Waals surface area contributed by atoms with Crippen molar-refractivity contribution in [3.63, 3.8) is 0 Å². The van der Waals surface area contributed by atoms with Gasteiger partial charge in [-0.2, -0.15) is 17.0 Å². The van der Waals surface area contributed by atoms with Crippen LogP contribution in [0.2, 0.25) is 0 Å². The number of aliphatic hydroxyl groups excluding tert-OH is 1. The van der Waals surface area contributed by atoms with E-state index in [1.54, 1.807) is 18.9 Å². The van der Waals surface area contributed by atoms with E-state index in [0.717, 1.165) is 17.1 Å². The lowest BCUT2D eigenvalue weighted by Crippen LogP contribution is -2.03. The van der Waals surface area contributed by atoms with Gasteiger partial charge < -0.3 is 9.84 Å². The van der Waals surface area contributed by atoms with Crippen molar-refractivity contribution in [1.82, 2.24) is 0 Å². The van der Waals surface area contributed by atoms with Crippen LogP contribution < -0.4 is 4.74 Å². The molecule has 1 N–H and O–H groups in total. The summed E-state index contributed by atoms with van der Waals surface area (Å²) >= 11 is 1.76. The average Bonchev–Trinajstić information content (AvgIpc) is 2.38. The molecule has 0 saturated heterocycles. The fourth-order valence-electron chi connectivity index (χ4n) is 1.36. The molecular weight excluding hydrogens is 234 g/mol.